The van der Waals surface area contributed by atoms with E-state index in [0.717, 1.165) is 24.9 Å². The third-order valence-corrected chi connectivity index (χ3v) is 5.15. The smallest absolute Gasteiger partial charge is 0.240 e. The van der Waals surface area contributed by atoms with E-state index in [4.69, 9.17) is 4.74 Å². The Balaban J connectivity index is 2.05. The zero-order valence-electron chi connectivity index (χ0n) is 11.3. The van der Waals surface area contributed by atoms with Crippen molar-refractivity contribution in [2.45, 2.75) is 29.8 Å². The first-order chi connectivity index (χ1) is 9.01. The summed E-state index contributed by atoms with van der Waals surface area (Å²) in [5, 5.41) is 2.95. The molecule has 0 aromatic heterocycles. The van der Waals surface area contributed by atoms with Crippen molar-refractivity contribution >= 4 is 15.7 Å². The van der Waals surface area contributed by atoms with E-state index in [-0.39, 0.29) is 10.5 Å². The minimum atomic E-state index is -3.46. The van der Waals surface area contributed by atoms with Gasteiger partial charge >= 0.3 is 0 Å². The lowest BCUT2D eigenvalue weighted by atomic mass is 9.80. The SMILES string of the molecule is CNc1ccc(S(=O)(=O)NCC2(OC)CCC2)cc1. The molecule has 19 heavy (non-hydrogen) atoms. The average molecular weight is 284 g/mol. The summed E-state index contributed by atoms with van der Waals surface area (Å²) < 4.78 is 32.3. The van der Waals surface area contributed by atoms with E-state index in [1.165, 1.54) is 0 Å². The van der Waals surface area contributed by atoms with E-state index >= 15 is 0 Å². The standard InChI is InChI=1S/C13H20N2O3S/c1-14-11-4-6-12(7-5-11)19(16,17)15-10-13(18-2)8-3-9-13/h4-7,14-15H,3,8-10H2,1-2H3. The van der Waals surface area contributed by atoms with Gasteiger partial charge in [0.1, 0.15) is 0 Å². The molecule has 1 aliphatic rings. The van der Waals surface area contributed by atoms with Gasteiger partial charge in [0.05, 0.1) is 10.5 Å². The van der Waals surface area contributed by atoms with Crippen LogP contribution in [-0.2, 0) is 14.8 Å². The average Bonchev–Trinajstić information content (AvgIpc) is 2.38. The Hall–Kier alpha value is -1.11. The van der Waals surface area contributed by atoms with Crippen LogP contribution in [0.3, 0.4) is 0 Å². The minimum Gasteiger partial charge on any atom is -0.388 e. The van der Waals surface area contributed by atoms with E-state index in [1.54, 1.807) is 38.4 Å². The highest BCUT2D eigenvalue weighted by Crippen LogP contribution is 2.34. The Morgan fingerprint density at radius 2 is 1.89 bits per heavy atom. The van der Waals surface area contributed by atoms with Gasteiger partial charge in [0.25, 0.3) is 0 Å². The van der Waals surface area contributed by atoms with E-state index in [2.05, 4.69) is 10.0 Å². The van der Waals surface area contributed by atoms with Gasteiger partial charge in [-0.1, -0.05) is 0 Å². The highest BCUT2D eigenvalue weighted by atomic mass is 32.2. The Kier molecular flexibility index (Phi) is 4.13. The number of hydrogen-bond acceptors (Lipinski definition) is 4. The molecule has 5 nitrogen and oxygen atoms in total. The predicted octanol–water partition coefficient (Wildman–Crippen LogP) is 1.58. The van der Waals surface area contributed by atoms with Gasteiger partial charge in [0.15, 0.2) is 0 Å². The maximum atomic E-state index is 12.1. The summed E-state index contributed by atoms with van der Waals surface area (Å²) in [6.45, 7) is 0.333. The van der Waals surface area contributed by atoms with Crippen molar-refractivity contribution in [3.8, 4) is 0 Å². The molecule has 0 saturated heterocycles. The van der Waals surface area contributed by atoms with E-state index in [1.807, 2.05) is 0 Å². The van der Waals surface area contributed by atoms with Crippen LogP contribution in [0.4, 0.5) is 5.69 Å². The predicted molar refractivity (Wildman–Crippen MR) is 74.8 cm³/mol. The van der Waals surface area contributed by atoms with E-state index in [9.17, 15) is 8.42 Å². The summed E-state index contributed by atoms with van der Waals surface area (Å²) in [6, 6.07) is 6.66. The second kappa shape index (κ2) is 5.48. The van der Waals surface area contributed by atoms with Crippen LogP contribution in [0.2, 0.25) is 0 Å². The van der Waals surface area contributed by atoms with Crippen molar-refractivity contribution in [2.24, 2.45) is 0 Å². The number of rotatable bonds is 6. The molecule has 0 heterocycles. The van der Waals surface area contributed by atoms with E-state index in [0.29, 0.717) is 6.54 Å². The Labute approximate surface area is 114 Å². The number of nitrogens with one attached hydrogen (secondary N) is 2. The van der Waals surface area contributed by atoms with E-state index < -0.39 is 10.0 Å². The molecule has 1 fully saturated rings. The topological polar surface area (TPSA) is 67.4 Å². The van der Waals surface area contributed by atoms with Crippen molar-refractivity contribution in [3.63, 3.8) is 0 Å². The second-order valence-electron chi connectivity index (χ2n) is 4.84. The molecular formula is C13H20N2O3S. The van der Waals surface area contributed by atoms with Gasteiger partial charge in [0.2, 0.25) is 10.0 Å². The molecule has 0 bridgehead atoms. The summed E-state index contributed by atoms with van der Waals surface area (Å²) in [7, 11) is -0.0361. The molecule has 0 aliphatic heterocycles. The fraction of sp³-hybridized carbons (Fsp3) is 0.538. The molecule has 0 atom stereocenters. The molecule has 0 spiro atoms. The molecule has 6 heteroatoms. The van der Waals surface area contributed by atoms with Gasteiger partial charge in [-0.15, -0.1) is 0 Å². The number of hydrogen-bond donors (Lipinski definition) is 2. The lowest BCUT2D eigenvalue weighted by molar-refractivity contribution is -0.0659. The van der Waals surface area contributed by atoms with Crippen LogP contribution in [0, 0.1) is 0 Å². The fourth-order valence-corrected chi connectivity index (χ4v) is 3.25. The zero-order chi connectivity index (χ0) is 13.9. The molecule has 1 aromatic carbocycles. The van der Waals surface area contributed by atoms with Crippen LogP contribution in [0.5, 0.6) is 0 Å². The molecular weight excluding hydrogens is 264 g/mol. The second-order valence-corrected chi connectivity index (χ2v) is 6.61. The third-order valence-electron chi connectivity index (χ3n) is 3.74. The van der Waals surface area contributed by atoms with Crippen LogP contribution in [0.25, 0.3) is 0 Å². The number of methoxy groups -OCH3 is 1. The first kappa shape index (κ1) is 14.3. The minimum absolute atomic E-state index is 0.275. The number of ether oxygens (including phenoxy) is 1. The van der Waals surface area contributed by atoms with Crippen molar-refractivity contribution in [3.05, 3.63) is 24.3 Å². The summed E-state index contributed by atoms with van der Waals surface area (Å²) >= 11 is 0. The summed E-state index contributed by atoms with van der Waals surface area (Å²) in [5.41, 5.74) is 0.573. The van der Waals surface area contributed by atoms with Gasteiger partial charge in [-0.3, -0.25) is 0 Å². The van der Waals surface area contributed by atoms with Gasteiger partial charge in [-0.25, -0.2) is 13.1 Å². The van der Waals surface area contributed by atoms with Crippen molar-refractivity contribution in [1.29, 1.82) is 0 Å². The zero-order valence-corrected chi connectivity index (χ0v) is 12.1. The lowest BCUT2D eigenvalue weighted by Crippen LogP contribution is -2.49. The van der Waals surface area contributed by atoms with Crippen LogP contribution in [0.15, 0.2) is 29.2 Å². The Morgan fingerprint density at radius 1 is 1.26 bits per heavy atom. The van der Waals surface area contributed by atoms with Crippen molar-refractivity contribution < 1.29 is 13.2 Å². The lowest BCUT2D eigenvalue weighted by Gasteiger charge is -2.40. The highest BCUT2D eigenvalue weighted by molar-refractivity contribution is 7.89. The Bertz CT molecular complexity index is 516. The molecule has 0 radical (unpaired) electrons. The van der Waals surface area contributed by atoms with Crippen LogP contribution < -0.4 is 10.0 Å². The van der Waals surface area contributed by atoms with Gasteiger partial charge < -0.3 is 10.1 Å². The van der Waals surface area contributed by atoms with Gasteiger partial charge in [-0.05, 0) is 43.5 Å². The molecule has 1 aliphatic carbocycles. The van der Waals surface area contributed by atoms with Crippen LogP contribution >= 0.6 is 0 Å². The van der Waals surface area contributed by atoms with Crippen LogP contribution in [0.1, 0.15) is 19.3 Å². The van der Waals surface area contributed by atoms with Crippen molar-refractivity contribution in [1.82, 2.24) is 4.72 Å². The van der Waals surface area contributed by atoms with Crippen molar-refractivity contribution in [2.75, 3.05) is 26.0 Å². The van der Waals surface area contributed by atoms with Crippen LogP contribution in [-0.4, -0.2) is 34.7 Å². The quantitative estimate of drug-likeness (QED) is 0.832. The molecule has 0 amide bonds. The monoisotopic (exact) mass is 284 g/mol. The maximum Gasteiger partial charge on any atom is 0.240 e. The first-order valence-corrected chi connectivity index (χ1v) is 7.82. The van der Waals surface area contributed by atoms with Gasteiger partial charge in [0, 0.05) is 26.4 Å². The van der Waals surface area contributed by atoms with Gasteiger partial charge in [-0.2, -0.15) is 0 Å². The molecule has 0 unspecified atom stereocenters. The molecule has 106 valence electrons. The molecule has 1 aromatic rings. The summed E-state index contributed by atoms with van der Waals surface area (Å²) in [6.07, 6.45) is 2.90. The number of anilines is 1. The summed E-state index contributed by atoms with van der Waals surface area (Å²) in [5.74, 6) is 0. The highest BCUT2D eigenvalue weighted by Gasteiger charge is 2.37. The maximum absolute atomic E-state index is 12.1. The number of benzene rings is 1. The normalized spacial score (nSPS) is 17.8. The summed E-state index contributed by atoms with van der Waals surface area (Å²) in [4.78, 5) is 0.275. The third kappa shape index (κ3) is 3.08. The molecule has 2 N–H and O–H groups in total. The fourth-order valence-electron chi connectivity index (χ4n) is 2.13. The first-order valence-electron chi connectivity index (χ1n) is 6.34. The molecule has 2 rings (SSSR count). The molecule has 1 saturated carbocycles. The Morgan fingerprint density at radius 3 is 2.32 bits per heavy atom. The largest absolute Gasteiger partial charge is 0.388 e. The number of sulfonamides is 1.